The lowest BCUT2D eigenvalue weighted by Gasteiger charge is -1.90. The summed E-state index contributed by atoms with van der Waals surface area (Å²) in [4.78, 5) is 12.3. The Bertz CT molecular complexity index is 554. The lowest BCUT2D eigenvalue weighted by atomic mass is 10.3. The van der Waals surface area contributed by atoms with Crippen molar-refractivity contribution in [1.82, 2.24) is 24.6 Å². The molecule has 0 atom stereocenters. The van der Waals surface area contributed by atoms with Gasteiger partial charge in [-0.05, 0) is 18.2 Å². The highest BCUT2D eigenvalue weighted by atomic mass is 15.3. The van der Waals surface area contributed by atoms with E-state index in [9.17, 15) is 0 Å². The van der Waals surface area contributed by atoms with Crippen LogP contribution in [0.3, 0.4) is 0 Å². The number of hydrogen-bond donors (Lipinski definition) is 0. The first-order valence-electron chi connectivity index (χ1n) is 4.51. The van der Waals surface area contributed by atoms with Crippen LogP contribution in [0.5, 0.6) is 0 Å². The Balaban J connectivity index is 2.21. The van der Waals surface area contributed by atoms with Gasteiger partial charge in [0.1, 0.15) is 0 Å². The smallest absolute Gasteiger partial charge is 0.252 e. The van der Waals surface area contributed by atoms with Crippen LogP contribution in [0.2, 0.25) is 0 Å². The summed E-state index contributed by atoms with van der Waals surface area (Å²) in [5.74, 6) is 1.26. The standard InChI is InChI=1S/C10H7N5/c1-4-12-10-13-9(14-15(10)7-1)8-2-5-11-6-3-8/h1-7H. The van der Waals surface area contributed by atoms with Gasteiger partial charge in [0.15, 0.2) is 5.82 Å². The largest absolute Gasteiger partial charge is 0.265 e. The summed E-state index contributed by atoms with van der Waals surface area (Å²) in [6, 6.07) is 5.56. The second-order valence-electron chi connectivity index (χ2n) is 3.04. The normalized spacial score (nSPS) is 10.7. The van der Waals surface area contributed by atoms with E-state index in [2.05, 4.69) is 20.1 Å². The van der Waals surface area contributed by atoms with Crippen LogP contribution in [0.25, 0.3) is 17.2 Å². The molecule has 0 saturated heterocycles. The Kier molecular flexibility index (Phi) is 1.68. The van der Waals surface area contributed by atoms with Crippen LogP contribution in [0.4, 0.5) is 0 Å². The molecule has 72 valence electrons. The summed E-state index contributed by atoms with van der Waals surface area (Å²) in [5.41, 5.74) is 0.940. The van der Waals surface area contributed by atoms with Gasteiger partial charge in [0.25, 0.3) is 5.78 Å². The lowest BCUT2D eigenvalue weighted by molar-refractivity contribution is 0.942. The van der Waals surface area contributed by atoms with Crippen molar-refractivity contribution in [2.24, 2.45) is 0 Å². The topological polar surface area (TPSA) is 56.0 Å². The van der Waals surface area contributed by atoms with E-state index in [0.717, 1.165) is 5.56 Å². The highest BCUT2D eigenvalue weighted by molar-refractivity contribution is 5.55. The predicted molar refractivity (Wildman–Crippen MR) is 54.0 cm³/mol. The highest BCUT2D eigenvalue weighted by Gasteiger charge is 2.05. The van der Waals surface area contributed by atoms with Crippen molar-refractivity contribution < 1.29 is 0 Å². The quantitative estimate of drug-likeness (QED) is 0.588. The fourth-order valence-electron chi connectivity index (χ4n) is 1.36. The first kappa shape index (κ1) is 8.05. The van der Waals surface area contributed by atoms with Gasteiger partial charge in [0.2, 0.25) is 0 Å². The molecule has 0 unspecified atom stereocenters. The van der Waals surface area contributed by atoms with E-state index in [-0.39, 0.29) is 0 Å². The number of fused-ring (bicyclic) bond motifs is 1. The molecule has 0 amide bonds. The molecule has 0 fully saturated rings. The molecule has 0 aliphatic heterocycles. The molecule has 0 radical (unpaired) electrons. The van der Waals surface area contributed by atoms with E-state index in [0.29, 0.717) is 11.6 Å². The van der Waals surface area contributed by atoms with Gasteiger partial charge in [-0.2, -0.15) is 4.98 Å². The molecule has 0 aliphatic rings. The maximum atomic E-state index is 4.30. The molecule has 0 N–H and O–H groups in total. The van der Waals surface area contributed by atoms with Gasteiger partial charge in [0, 0.05) is 30.4 Å². The summed E-state index contributed by atoms with van der Waals surface area (Å²) in [5, 5.41) is 4.30. The Morgan fingerprint density at radius 2 is 1.93 bits per heavy atom. The van der Waals surface area contributed by atoms with Gasteiger partial charge in [0.05, 0.1) is 0 Å². The molecule has 0 spiro atoms. The predicted octanol–water partition coefficient (Wildman–Crippen LogP) is 1.19. The zero-order valence-corrected chi connectivity index (χ0v) is 7.78. The van der Waals surface area contributed by atoms with Crippen LogP contribution in [-0.2, 0) is 0 Å². The van der Waals surface area contributed by atoms with Gasteiger partial charge in [-0.15, -0.1) is 5.10 Å². The minimum atomic E-state index is 0.601. The molecule has 3 aromatic rings. The molecule has 3 heterocycles. The third kappa shape index (κ3) is 1.34. The minimum Gasteiger partial charge on any atom is -0.265 e. The monoisotopic (exact) mass is 197 g/mol. The third-order valence-corrected chi connectivity index (χ3v) is 2.06. The van der Waals surface area contributed by atoms with Crippen molar-refractivity contribution in [1.29, 1.82) is 0 Å². The summed E-state index contributed by atoms with van der Waals surface area (Å²) in [7, 11) is 0. The van der Waals surface area contributed by atoms with Crippen LogP contribution in [-0.4, -0.2) is 24.6 Å². The van der Waals surface area contributed by atoms with Crippen LogP contribution in [0.1, 0.15) is 0 Å². The van der Waals surface area contributed by atoms with Crippen LogP contribution in [0.15, 0.2) is 43.0 Å². The van der Waals surface area contributed by atoms with Gasteiger partial charge in [-0.25, -0.2) is 9.50 Å². The van der Waals surface area contributed by atoms with Crippen molar-refractivity contribution in [2.45, 2.75) is 0 Å². The summed E-state index contributed by atoms with van der Waals surface area (Å²) in [6.07, 6.45) is 6.95. The van der Waals surface area contributed by atoms with Gasteiger partial charge < -0.3 is 0 Å². The van der Waals surface area contributed by atoms with Gasteiger partial charge in [-0.1, -0.05) is 0 Å². The van der Waals surface area contributed by atoms with Crippen molar-refractivity contribution >= 4 is 5.78 Å². The van der Waals surface area contributed by atoms with E-state index in [1.807, 2.05) is 24.4 Å². The molecule has 15 heavy (non-hydrogen) atoms. The molecule has 0 aliphatic carbocycles. The van der Waals surface area contributed by atoms with E-state index in [1.54, 1.807) is 23.1 Å². The first-order valence-corrected chi connectivity index (χ1v) is 4.51. The fraction of sp³-hybridized carbons (Fsp3) is 0. The van der Waals surface area contributed by atoms with Crippen molar-refractivity contribution in [3.8, 4) is 11.4 Å². The van der Waals surface area contributed by atoms with Gasteiger partial charge in [-0.3, -0.25) is 4.98 Å². The maximum absolute atomic E-state index is 4.30. The van der Waals surface area contributed by atoms with E-state index in [1.165, 1.54) is 0 Å². The maximum Gasteiger partial charge on any atom is 0.252 e. The van der Waals surface area contributed by atoms with Crippen molar-refractivity contribution in [3.05, 3.63) is 43.0 Å². The third-order valence-electron chi connectivity index (χ3n) is 2.06. The van der Waals surface area contributed by atoms with Crippen molar-refractivity contribution in [3.63, 3.8) is 0 Å². The number of rotatable bonds is 1. The number of hydrogen-bond acceptors (Lipinski definition) is 4. The van der Waals surface area contributed by atoms with E-state index in [4.69, 9.17) is 0 Å². The molecular formula is C10H7N5. The van der Waals surface area contributed by atoms with E-state index >= 15 is 0 Å². The minimum absolute atomic E-state index is 0.601. The Morgan fingerprint density at radius 3 is 2.73 bits per heavy atom. The molecule has 0 aromatic carbocycles. The summed E-state index contributed by atoms with van der Waals surface area (Å²) < 4.78 is 1.65. The summed E-state index contributed by atoms with van der Waals surface area (Å²) in [6.45, 7) is 0. The summed E-state index contributed by atoms with van der Waals surface area (Å²) >= 11 is 0. The first-order chi connectivity index (χ1) is 7.43. The van der Waals surface area contributed by atoms with Crippen LogP contribution in [0, 0.1) is 0 Å². The zero-order valence-electron chi connectivity index (χ0n) is 7.78. The van der Waals surface area contributed by atoms with E-state index < -0.39 is 0 Å². The lowest BCUT2D eigenvalue weighted by Crippen LogP contribution is -1.87. The Morgan fingerprint density at radius 1 is 1.07 bits per heavy atom. The molecule has 5 heteroatoms. The fourth-order valence-corrected chi connectivity index (χ4v) is 1.36. The second kappa shape index (κ2) is 3.13. The van der Waals surface area contributed by atoms with Crippen LogP contribution >= 0.6 is 0 Å². The number of nitrogens with zero attached hydrogens (tertiary/aromatic N) is 5. The molecule has 0 bridgehead atoms. The zero-order chi connectivity index (χ0) is 10.1. The molecule has 0 saturated carbocycles. The SMILES string of the molecule is c1cnc2nc(-c3ccncc3)nn2c1. The molecular weight excluding hydrogens is 190 g/mol. The Labute approximate surface area is 85.5 Å². The average molecular weight is 197 g/mol. The highest BCUT2D eigenvalue weighted by Crippen LogP contribution is 2.13. The van der Waals surface area contributed by atoms with Crippen LogP contribution < -0.4 is 0 Å². The van der Waals surface area contributed by atoms with Gasteiger partial charge >= 0.3 is 0 Å². The molecule has 3 aromatic heterocycles. The Hall–Kier alpha value is -2.30. The number of pyridine rings is 1. The van der Waals surface area contributed by atoms with Crippen molar-refractivity contribution in [2.75, 3.05) is 0 Å². The number of aromatic nitrogens is 5. The average Bonchev–Trinajstić information content (AvgIpc) is 2.74. The molecule has 5 nitrogen and oxygen atoms in total. The second-order valence-corrected chi connectivity index (χ2v) is 3.04. The molecule has 3 rings (SSSR count).